The Kier molecular flexibility index (Phi) is 5.84. The number of ether oxygens (including phenoxy) is 1. The molecule has 0 spiro atoms. The second kappa shape index (κ2) is 8.47. The zero-order chi connectivity index (χ0) is 18.4. The lowest BCUT2D eigenvalue weighted by atomic mass is 10.1. The summed E-state index contributed by atoms with van der Waals surface area (Å²) in [5, 5.41) is 13.5. The SMILES string of the molecule is O=C(CCc1cccc(OC2CCCC2)c1)Nc1cccc([N+](=O)[O-])c1. The van der Waals surface area contributed by atoms with Gasteiger partial charge in [0.05, 0.1) is 11.0 Å². The Hall–Kier alpha value is -2.89. The number of nitro benzene ring substituents is 1. The van der Waals surface area contributed by atoms with Crippen molar-refractivity contribution in [3.8, 4) is 5.75 Å². The van der Waals surface area contributed by atoms with Gasteiger partial charge >= 0.3 is 0 Å². The number of amides is 1. The molecule has 0 heterocycles. The summed E-state index contributed by atoms with van der Waals surface area (Å²) < 4.78 is 5.99. The van der Waals surface area contributed by atoms with E-state index >= 15 is 0 Å². The average Bonchev–Trinajstić information content (AvgIpc) is 3.13. The fourth-order valence-electron chi connectivity index (χ4n) is 3.15. The second-order valence-electron chi connectivity index (χ2n) is 6.53. The van der Waals surface area contributed by atoms with Crippen LogP contribution < -0.4 is 10.1 Å². The number of rotatable bonds is 7. The van der Waals surface area contributed by atoms with Gasteiger partial charge in [-0.3, -0.25) is 14.9 Å². The fourth-order valence-corrected chi connectivity index (χ4v) is 3.15. The molecule has 3 rings (SSSR count). The second-order valence-corrected chi connectivity index (χ2v) is 6.53. The zero-order valence-electron chi connectivity index (χ0n) is 14.5. The summed E-state index contributed by atoms with van der Waals surface area (Å²) in [7, 11) is 0. The predicted molar refractivity (Wildman–Crippen MR) is 99.4 cm³/mol. The number of carbonyl (C=O) groups excluding carboxylic acids is 1. The van der Waals surface area contributed by atoms with Crippen LogP contribution >= 0.6 is 0 Å². The maximum absolute atomic E-state index is 12.1. The molecule has 0 bridgehead atoms. The molecule has 1 aliphatic rings. The maximum Gasteiger partial charge on any atom is 0.271 e. The van der Waals surface area contributed by atoms with Crippen LogP contribution in [0.25, 0.3) is 0 Å². The van der Waals surface area contributed by atoms with Crippen LogP contribution in [-0.4, -0.2) is 16.9 Å². The number of non-ortho nitro benzene ring substituents is 1. The van der Waals surface area contributed by atoms with E-state index in [0.29, 0.717) is 24.6 Å². The van der Waals surface area contributed by atoms with Crippen molar-refractivity contribution < 1.29 is 14.5 Å². The third-order valence-electron chi connectivity index (χ3n) is 4.48. The van der Waals surface area contributed by atoms with E-state index in [1.54, 1.807) is 12.1 Å². The molecule has 26 heavy (non-hydrogen) atoms. The number of anilines is 1. The summed E-state index contributed by atoms with van der Waals surface area (Å²) in [4.78, 5) is 22.4. The molecule has 1 N–H and O–H groups in total. The van der Waals surface area contributed by atoms with Gasteiger partial charge in [-0.25, -0.2) is 0 Å². The van der Waals surface area contributed by atoms with Crippen molar-refractivity contribution in [3.05, 3.63) is 64.2 Å². The number of hydrogen-bond acceptors (Lipinski definition) is 4. The molecule has 0 aliphatic heterocycles. The zero-order valence-corrected chi connectivity index (χ0v) is 14.5. The summed E-state index contributed by atoms with van der Waals surface area (Å²) in [6.45, 7) is 0. The summed E-state index contributed by atoms with van der Waals surface area (Å²) in [6, 6.07) is 13.8. The Bertz CT molecular complexity index is 785. The van der Waals surface area contributed by atoms with Gasteiger partial charge in [-0.15, -0.1) is 0 Å². The predicted octanol–water partition coefficient (Wildman–Crippen LogP) is 4.49. The Labute approximate surface area is 152 Å². The first-order chi connectivity index (χ1) is 12.6. The Morgan fingerprint density at radius 1 is 1.15 bits per heavy atom. The normalized spacial score (nSPS) is 14.2. The largest absolute Gasteiger partial charge is 0.490 e. The van der Waals surface area contributed by atoms with E-state index in [0.717, 1.165) is 24.2 Å². The third-order valence-corrected chi connectivity index (χ3v) is 4.48. The number of carbonyl (C=O) groups is 1. The number of aryl methyl sites for hydroxylation is 1. The van der Waals surface area contributed by atoms with Gasteiger partial charge in [-0.05, 0) is 55.9 Å². The molecule has 0 atom stereocenters. The molecule has 0 saturated heterocycles. The van der Waals surface area contributed by atoms with Gasteiger partial charge in [-0.1, -0.05) is 18.2 Å². The van der Waals surface area contributed by atoms with Crippen LogP contribution in [0.3, 0.4) is 0 Å². The van der Waals surface area contributed by atoms with Gasteiger partial charge in [0.15, 0.2) is 0 Å². The molecule has 6 heteroatoms. The molecule has 1 saturated carbocycles. The highest BCUT2D eigenvalue weighted by Crippen LogP contribution is 2.25. The first-order valence-corrected chi connectivity index (χ1v) is 8.90. The van der Waals surface area contributed by atoms with Crippen LogP contribution in [0.5, 0.6) is 5.75 Å². The summed E-state index contributed by atoms with van der Waals surface area (Å²) >= 11 is 0. The summed E-state index contributed by atoms with van der Waals surface area (Å²) in [5.74, 6) is 0.682. The van der Waals surface area contributed by atoms with Gasteiger partial charge in [0, 0.05) is 24.2 Å². The van der Waals surface area contributed by atoms with Gasteiger partial charge in [0.25, 0.3) is 5.69 Å². The maximum atomic E-state index is 12.1. The smallest absolute Gasteiger partial charge is 0.271 e. The van der Waals surface area contributed by atoms with Crippen molar-refractivity contribution in [2.24, 2.45) is 0 Å². The number of hydrogen-bond donors (Lipinski definition) is 1. The molecule has 6 nitrogen and oxygen atoms in total. The van der Waals surface area contributed by atoms with Crippen LogP contribution in [0.15, 0.2) is 48.5 Å². The molecule has 1 aliphatic carbocycles. The number of benzene rings is 2. The minimum Gasteiger partial charge on any atom is -0.490 e. The van der Waals surface area contributed by atoms with Crippen LogP contribution in [0.4, 0.5) is 11.4 Å². The molecule has 1 fully saturated rings. The summed E-state index contributed by atoms with van der Waals surface area (Å²) in [5.41, 5.74) is 1.43. The topological polar surface area (TPSA) is 81.5 Å². The van der Waals surface area contributed by atoms with Gasteiger partial charge in [0.1, 0.15) is 5.75 Å². The highest BCUT2D eigenvalue weighted by atomic mass is 16.6. The van der Waals surface area contributed by atoms with Crippen molar-refractivity contribution in [3.63, 3.8) is 0 Å². The van der Waals surface area contributed by atoms with Crippen molar-refractivity contribution >= 4 is 17.3 Å². The van der Waals surface area contributed by atoms with Crippen LogP contribution in [0.2, 0.25) is 0 Å². The average molecular weight is 354 g/mol. The van der Waals surface area contributed by atoms with Gasteiger partial charge < -0.3 is 10.1 Å². The first-order valence-electron chi connectivity index (χ1n) is 8.90. The molecular formula is C20H22N2O4. The Morgan fingerprint density at radius 3 is 2.69 bits per heavy atom. The standard InChI is InChI=1S/C20H22N2O4/c23-20(21-16-6-4-7-17(14-16)22(24)25)12-11-15-5-3-10-19(13-15)26-18-8-1-2-9-18/h3-7,10,13-14,18H,1-2,8-9,11-12H2,(H,21,23). The highest BCUT2D eigenvalue weighted by Gasteiger charge is 2.16. The van der Waals surface area contributed by atoms with E-state index in [4.69, 9.17) is 4.74 Å². The quantitative estimate of drug-likeness (QED) is 0.587. The molecule has 0 aromatic heterocycles. The van der Waals surface area contributed by atoms with Crippen LogP contribution in [0, 0.1) is 10.1 Å². The van der Waals surface area contributed by atoms with E-state index in [1.807, 2.05) is 24.3 Å². The van der Waals surface area contributed by atoms with Crippen molar-refractivity contribution in [2.45, 2.75) is 44.6 Å². The van der Waals surface area contributed by atoms with E-state index in [1.165, 1.54) is 25.0 Å². The fraction of sp³-hybridized carbons (Fsp3) is 0.350. The van der Waals surface area contributed by atoms with Crippen LogP contribution in [-0.2, 0) is 11.2 Å². The highest BCUT2D eigenvalue weighted by molar-refractivity contribution is 5.91. The Morgan fingerprint density at radius 2 is 1.92 bits per heavy atom. The number of nitro groups is 1. The molecule has 0 radical (unpaired) electrons. The van der Waals surface area contributed by atoms with Crippen molar-refractivity contribution in [1.29, 1.82) is 0 Å². The van der Waals surface area contributed by atoms with Crippen molar-refractivity contribution in [2.75, 3.05) is 5.32 Å². The molecule has 1 amide bonds. The molecule has 136 valence electrons. The molecule has 2 aromatic rings. The van der Waals surface area contributed by atoms with E-state index < -0.39 is 4.92 Å². The van der Waals surface area contributed by atoms with Crippen molar-refractivity contribution in [1.82, 2.24) is 0 Å². The monoisotopic (exact) mass is 354 g/mol. The number of nitrogens with zero attached hydrogens (tertiary/aromatic N) is 1. The lowest BCUT2D eigenvalue weighted by molar-refractivity contribution is -0.384. The van der Waals surface area contributed by atoms with E-state index in [-0.39, 0.29) is 11.6 Å². The lowest BCUT2D eigenvalue weighted by Gasteiger charge is -2.13. The first kappa shape index (κ1) is 17.9. The lowest BCUT2D eigenvalue weighted by Crippen LogP contribution is -2.13. The third kappa shape index (κ3) is 5.05. The minimum atomic E-state index is -0.481. The Balaban J connectivity index is 1.52. The minimum absolute atomic E-state index is 0.0421. The molecule has 0 unspecified atom stereocenters. The molecular weight excluding hydrogens is 332 g/mol. The number of nitrogens with one attached hydrogen (secondary N) is 1. The molecule has 2 aromatic carbocycles. The summed E-state index contributed by atoms with van der Waals surface area (Å²) in [6.07, 6.45) is 5.86. The van der Waals surface area contributed by atoms with Crippen LogP contribution in [0.1, 0.15) is 37.7 Å². The van der Waals surface area contributed by atoms with E-state index in [9.17, 15) is 14.9 Å². The van der Waals surface area contributed by atoms with Gasteiger partial charge in [-0.2, -0.15) is 0 Å². The van der Waals surface area contributed by atoms with E-state index in [2.05, 4.69) is 5.32 Å². The van der Waals surface area contributed by atoms with Gasteiger partial charge in [0.2, 0.25) is 5.91 Å².